The summed E-state index contributed by atoms with van der Waals surface area (Å²) in [4.78, 5) is 24.8. The normalized spacial score (nSPS) is 18.8. The fourth-order valence-electron chi connectivity index (χ4n) is 2.99. The first-order chi connectivity index (χ1) is 12.4. The lowest BCUT2D eigenvalue weighted by Gasteiger charge is -2.33. The summed E-state index contributed by atoms with van der Waals surface area (Å²) in [6.45, 7) is 5.95. The van der Waals surface area contributed by atoms with Crippen LogP contribution in [0.25, 0.3) is 0 Å². The molecule has 1 heterocycles. The van der Waals surface area contributed by atoms with E-state index in [1.165, 1.54) is 0 Å². The topological polar surface area (TPSA) is 64.6 Å². The van der Waals surface area contributed by atoms with E-state index in [0.717, 1.165) is 16.9 Å². The van der Waals surface area contributed by atoms with Crippen LogP contribution >= 0.6 is 0 Å². The van der Waals surface area contributed by atoms with Gasteiger partial charge in [0, 0.05) is 13.0 Å². The smallest absolute Gasteiger partial charge is 0.339 e. The van der Waals surface area contributed by atoms with Crippen molar-refractivity contribution in [1.29, 1.82) is 0 Å². The van der Waals surface area contributed by atoms with Crippen LogP contribution in [0, 0.1) is 0 Å². The molecule has 1 amide bonds. The van der Waals surface area contributed by atoms with Gasteiger partial charge >= 0.3 is 5.97 Å². The molecule has 0 aliphatic carbocycles. The van der Waals surface area contributed by atoms with Gasteiger partial charge in [0.05, 0.1) is 11.7 Å². The van der Waals surface area contributed by atoms with Crippen LogP contribution in [0.4, 0.5) is 0 Å². The molecule has 0 saturated carbocycles. The van der Waals surface area contributed by atoms with Gasteiger partial charge in [-0.15, -0.1) is 0 Å². The molecule has 3 rings (SSSR count). The number of fused-ring (bicyclic) bond motifs is 1. The molecule has 0 radical (unpaired) electrons. The molecular weight excluding hydrogens is 330 g/mol. The molecule has 0 bridgehead atoms. The molecule has 5 heteroatoms. The van der Waals surface area contributed by atoms with Gasteiger partial charge in [-0.1, -0.05) is 30.3 Å². The summed E-state index contributed by atoms with van der Waals surface area (Å²) in [5, 5.41) is 2.86. The fourth-order valence-corrected chi connectivity index (χ4v) is 2.99. The van der Waals surface area contributed by atoms with Crippen LogP contribution in [0.1, 0.15) is 42.3 Å². The van der Waals surface area contributed by atoms with Crippen molar-refractivity contribution in [2.75, 3.05) is 0 Å². The monoisotopic (exact) mass is 353 g/mol. The fraction of sp³-hybridized carbons (Fsp3) is 0.333. The van der Waals surface area contributed by atoms with Crippen LogP contribution in [-0.4, -0.2) is 23.6 Å². The Hall–Kier alpha value is -2.82. The number of ether oxygens (including phenoxy) is 2. The molecular formula is C21H23NO4. The van der Waals surface area contributed by atoms with Crippen LogP contribution in [0.5, 0.6) is 5.75 Å². The van der Waals surface area contributed by atoms with Gasteiger partial charge in [-0.05, 0) is 50.1 Å². The van der Waals surface area contributed by atoms with E-state index in [1.807, 2.05) is 50.2 Å². The SMILES string of the molecule is CC(C)Oc1ccc(CNC(=O)C2(C)Cc3ccccc3C(=O)O2)cc1. The van der Waals surface area contributed by atoms with E-state index in [4.69, 9.17) is 9.47 Å². The molecule has 2 aromatic carbocycles. The Balaban J connectivity index is 1.64. The minimum Gasteiger partial charge on any atom is -0.491 e. The predicted molar refractivity (Wildman–Crippen MR) is 98.0 cm³/mol. The van der Waals surface area contributed by atoms with Gasteiger partial charge in [-0.2, -0.15) is 0 Å². The van der Waals surface area contributed by atoms with Crippen molar-refractivity contribution >= 4 is 11.9 Å². The first-order valence-electron chi connectivity index (χ1n) is 8.72. The number of carbonyl (C=O) groups excluding carboxylic acids is 2. The Morgan fingerprint density at radius 2 is 1.88 bits per heavy atom. The Morgan fingerprint density at radius 1 is 1.19 bits per heavy atom. The third-order valence-corrected chi connectivity index (χ3v) is 4.31. The molecule has 0 fully saturated rings. The molecule has 2 aromatic rings. The van der Waals surface area contributed by atoms with Crippen LogP contribution in [0.15, 0.2) is 48.5 Å². The lowest BCUT2D eigenvalue weighted by atomic mass is 9.89. The number of esters is 1. The number of rotatable bonds is 5. The zero-order valence-corrected chi connectivity index (χ0v) is 15.2. The second-order valence-corrected chi connectivity index (χ2v) is 6.95. The molecule has 1 unspecified atom stereocenters. The summed E-state index contributed by atoms with van der Waals surface area (Å²) in [6, 6.07) is 14.8. The Kier molecular flexibility index (Phi) is 4.98. The highest BCUT2D eigenvalue weighted by Crippen LogP contribution is 2.28. The van der Waals surface area contributed by atoms with Gasteiger partial charge in [-0.3, -0.25) is 4.79 Å². The van der Waals surface area contributed by atoms with Gasteiger partial charge in [0.1, 0.15) is 5.75 Å². The summed E-state index contributed by atoms with van der Waals surface area (Å²) in [5.74, 6) is 0.0300. The Morgan fingerprint density at radius 3 is 2.58 bits per heavy atom. The highest BCUT2D eigenvalue weighted by molar-refractivity contribution is 5.97. The molecule has 1 N–H and O–H groups in total. The molecule has 1 aliphatic rings. The number of hydrogen-bond donors (Lipinski definition) is 1. The molecule has 136 valence electrons. The highest BCUT2D eigenvalue weighted by Gasteiger charge is 2.42. The number of hydrogen-bond acceptors (Lipinski definition) is 4. The van der Waals surface area contributed by atoms with Crippen molar-refractivity contribution in [2.24, 2.45) is 0 Å². The minimum absolute atomic E-state index is 0.115. The van der Waals surface area contributed by atoms with Crippen molar-refractivity contribution in [3.63, 3.8) is 0 Å². The third-order valence-electron chi connectivity index (χ3n) is 4.31. The lowest BCUT2D eigenvalue weighted by molar-refractivity contribution is -0.139. The standard InChI is InChI=1S/C21H23NO4/c1-14(2)25-17-10-8-15(9-11-17)13-22-20(24)21(3)12-16-6-4-5-7-18(16)19(23)26-21/h4-11,14H,12-13H2,1-3H3,(H,22,24). The third kappa shape index (κ3) is 3.87. The van der Waals surface area contributed by atoms with E-state index < -0.39 is 11.6 Å². The number of cyclic esters (lactones) is 1. The van der Waals surface area contributed by atoms with Crippen molar-refractivity contribution in [1.82, 2.24) is 5.32 Å². The molecule has 26 heavy (non-hydrogen) atoms. The van der Waals surface area contributed by atoms with Crippen LogP contribution < -0.4 is 10.1 Å². The average Bonchev–Trinajstić information content (AvgIpc) is 2.60. The lowest BCUT2D eigenvalue weighted by Crippen LogP contribution is -2.51. The first kappa shape index (κ1) is 18.0. The van der Waals surface area contributed by atoms with E-state index in [1.54, 1.807) is 19.1 Å². The quantitative estimate of drug-likeness (QED) is 0.838. The highest BCUT2D eigenvalue weighted by atomic mass is 16.6. The average molecular weight is 353 g/mol. The summed E-state index contributed by atoms with van der Waals surface area (Å²) in [6.07, 6.45) is 0.478. The zero-order chi connectivity index (χ0) is 18.7. The van der Waals surface area contributed by atoms with E-state index in [-0.39, 0.29) is 12.0 Å². The summed E-state index contributed by atoms with van der Waals surface area (Å²) < 4.78 is 11.0. The molecule has 1 aliphatic heterocycles. The summed E-state index contributed by atoms with van der Waals surface area (Å²) in [5.41, 5.74) is 1.10. The minimum atomic E-state index is -1.20. The van der Waals surface area contributed by atoms with Gasteiger partial charge in [0.15, 0.2) is 5.60 Å². The van der Waals surface area contributed by atoms with Crippen molar-refractivity contribution in [2.45, 2.75) is 45.4 Å². The van der Waals surface area contributed by atoms with Crippen molar-refractivity contribution in [3.05, 3.63) is 65.2 Å². The molecule has 0 aromatic heterocycles. The van der Waals surface area contributed by atoms with Gasteiger partial charge in [0.25, 0.3) is 5.91 Å². The Bertz CT molecular complexity index is 813. The molecule has 0 saturated heterocycles. The number of benzene rings is 2. The largest absolute Gasteiger partial charge is 0.491 e. The second kappa shape index (κ2) is 7.20. The zero-order valence-electron chi connectivity index (χ0n) is 15.2. The van der Waals surface area contributed by atoms with Crippen LogP contribution in [0.3, 0.4) is 0 Å². The van der Waals surface area contributed by atoms with E-state index in [0.29, 0.717) is 18.5 Å². The van der Waals surface area contributed by atoms with Gasteiger partial charge in [-0.25, -0.2) is 4.79 Å². The summed E-state index contributed by atoms with van der Waals surface area (Å²) >= 11 is 0. The predicted octanol–water partition coefficient (Wildman–Crippen LogP) is 3.26. The molecule has 0 spiro atoms. The molecule has 1 atom stereocenters. The Labute approximate surface area is 153 Å². The van der Waals surface area contributed by atoms with E-state index >= 15 is 0 Å². The van der Waals surface area contributed by atoms with E-state index in [9.17, 15) is 9.59 Å². The van der Waals surface area contributed by atoms with Crippen LogP contribution in [0.2, 0.25) is 0 Å². The van der Waals surface area contributed by atoms with Crippen LogP contribution in [-0.2, 0) is 22.5 Å². The number of nitrogens with one attached hydrogen (secondary N) is 1. The maximum absolute atomic E-state index is 12.6. The summed E-state index contributed by atoms with van der Waals surface area (Å²) in [7, 11) is 0. The van der Waals surface area contributed by atoms with Gasteiger partial charge < -0.3 is 14.8 Å². The van der Waals surface area contributed by atoms with Gasteiger partial charge in [0.2, 0.25) is 0 Å². The maximum Gasteiger partial charge on any atom is 0.339 e. The second-order valence-electron chi connectivity index (χ2n) is 6.95. The number of carbonyl (C=O) groups is 2. The van der Waals surface area contributed by atoms with Crippen molar-refractivity contribution in [3.8, 4) is 5.75 Å². The first-order valence-corrected chi connectivity index (χ1v) is 8.72. The molecule has 5 nitrogen and oxygen atoms in total. The van der Waals surface area contributed by atoms with E-state index in [2.05, 4.69) is 5.32 Å². The maximum atomic E-state index is 12.6. The van der Waals surface area contributed by atoms with Crippen molar-refractivity contribution < 1.29 is 19.1 Å². The number of amides is 1.